The number of nitrogens with zero attached hydrogens (tertiary/aromatic N) is 2. The van der Waals surface area contributed by atoms with Crippen LogP contribution < -0.4 is 10.1 Å². The topological polar surface area (TPSA) is 54.5 Å². The van der Waals surface area contributed by atoms with E-state index >= 15 is 0 Å². The Morgan fingerprint density at radius 3 is 3.11 bits per heavy atom. The van der Waals surface area contributed by atoms with Gasteiger partial charge in [-0.25, -0.2) is 4.98 Å². The Balaban J connectivity index is 1.63. The molecule has 2 aliphatic heterocycles. The average molecular weight is 261 g/mol. The van der Waals surface area contributed by atoms with Crippen LogP contribution >= 0.6 is 0 Å². The van der Waals surface area contributed by atoms with E-state index in [1.54, 1.807) is 7.11 Å². The van der Waals surface area contributed by atoms with Crippen LogP contribution in [0.15, 0.2) is 18.2 Å². The first-order chi connectivity index (χ1) is 9.24. The minimum absolute atomic E-state index is 0.197. The van der Waals surface area contributed by atoms with Crippen molar-refractivity contribution in [1.29, 1.82) is 0 Å². The standard InChI is InChI=1S/C14H19N3O2/c1-19-14-4-2-3-12(16-14)9-17-7-10-5-13(18)15-6-11(10)8-17/h2-4,10-11H,5-9H2,1H3,(H,15,18)/t10-,11+/m0/s1. The Labute approximate surface area is 113 Å². The van der Waals surface area contributed by atoms with E-state index in [0.29, 0.717) is 24.1 Å². The Morgan fingerprint density at radius 2 is 2.26 bits per heavy atom. The summed E-state index contributed by atoms with van der Waals surface area (Å²) in [6.07, 6.45) is 0.673. The summed E-state index contributed by atoms with van der Waals surface area (Å²) in [5.41, 5.74) is 1.03. The van der Waals surface area contributed by atoms with Gasteiger partial charge in [-0.1, -0.05) is 6.07 Å². The van der Waals surface area contributed by atoms with Gasteiger partial charge in [0.1, 0.15) is 0 Å². The number of methoxy groups -OCH3 is 1. The van der Waals surface area contributed by atoms with E-state index < -0.39 is 0 Å². The largest absolute Gasteiger partial charge is 0.481 e. The van der Waals surface area contributed by atoms with Crippen molar-refractivity contribution in [3.8, 4) is 5.88 Å². The molecule has 19 heavy (non-hydrogen) atoms. The normalized spacial score (nSPS) is 26.9. The predicted molar refractivity (Wildman–Crippen MR) is 70.7 cm³/mol. The average Bonchev–Trinajstić information content (AvgIpc) is 2.80. The molecule has 0 unspecified atom stereocenters. The first-order valence-electron chi connectivity index (χ1n) is 6.73. The molecule has 0 aromatic carbocycles. The predicted octanol–water partition coefficient (Wildman–Crippen LogP) is 0.658. The van der Waals surface area contributed by atoms with Crippen molar-refractivity contribution in [3.63, 3.8) is 0 Å². The van der Waals surface area contributed by atoms with Gasteiger partial charge in [0.15, 0.2) is 0 Å². The van der Waals surface area contributed by atoms with Gasteiger partial charge in [0.25, 0.3) is 0 Å². The van der Waals surface area contributed by atoms with Crippen molar-refractivity contribution in [2.24, 2.45) is 11.8 Å². The van der Waals surface area contributed by atoms with Crippen LogP contribution in [-0.2, 0) is 11.3 Å². The minimum atomic E-state index is 0.197. The third-order valence-corrected chi connectivity index (χ3v) is 4.04. The van der Waals surface area contributed by atoms with E-state index in [9.17, 15) is 4.79 Å². The molecule has 102 valence electrons. The zero-order chi connectivity index (χ0) is 13.2. The number of pyridine rings is 1. The number of piperidine rings is 1. The number of rotatable bonds is 3. The van der Waals surface area contributed by atoms with Crippen LogP contribution in [0.25, 0.3) is 0 Å². The van der Waals surface area contributed by atoms with Crippen LogP contribution in [0.2, 0.25) is 0 Å². The van der Waals surface area contributed by atoms with Crippen LogP contribution in [-0.4, -0.2) is 42.5 Å². The smallest absolute Gasteiger partial charge is 0.220 e. The molecule has 2 fully saturated rings. The summed E-state index contributed by atoms with van der Waals surface area (Å²) in [7, 11) is 1.63. The molecule has 2 atom stereocenters. The van der Waals surface area contributed by atoms with Crippen LogP contribution in [0.4, 0.5) is 0 Å². The molecule has 1 amide bonds. The molecule has 5 heteroatoms. The van der Waals surface area contributed by atoms with Crippen LogP contribution in [0.1, 0.15) is 12.1 Å². The van der Waals surface area contributed by atoms with Gasteiger partial charge in [0.05, 0.1) is 12.8 Å². The molecule has 0 radical (unpaired) electrons. The molecule has 0 aliphatic carbocycles. The van der Waals surface area contributed by atoms with Crippen molar-refractivity contribution < 1.29 is 9.53 Å². The van der Waals surface area contributed by atoms with E-state index in [-0.39, 0.29) is 5.91 Å². The monoisotopic (exact) mass is 261 g/mol. The Morgan fingerprint density at radius 1 is 1.42 bits per heavy atom. The zero-order valence-electron chi connectivity index (χ0n) is 11.1. The summed E-state index contributed by atoms with van der Waals surface area (Å²) in [6.45, 7) is 3.70. The molecule has 0 bridgehead atoms. The number of amides is 1. The van der Waals surface area contributed by atoms with Gasteiger partial charge in [-0.05, 0) is 17.9 Å². The van der Waals surface area contributed by atoms with Gasteiger partial charge < -0.3 is 10.1 Å². The fourth-order valence-electron chi connectivity index (χ4n) is 3.07. The number of carbonyl (C=O) groups is 1. The van der Waals surface area contributed by atoms with E-state index in [0.717, 1.165) is 31.9 Å². The number of fused-ring (bicyclic) bond motifs is 1. The van der Waals surface area contributed by atoms with Crippen molar-refractivity contribution in [2.45, 2.75) is 13.0 Å². The maximum atomic E-state index is 11.4. The summed E-state index contributed by atoms with van der Waals surface area (Å²) in [6, 6.07) is 5.85. The van der Waals surface area contributed by atoms with E-state index in [4.69, 9.17) is 4.74 Å². The molecular formula is C14H19N3O2. The fourth-order valence-corrected chi connectivity index (χ4v) is 3.07. The number of carbonyl (C=O) groups excluding carboxylic acids is 1. The van der Waals surface area contributed by atoms with Crippen LogP contribution in [0, 0.1) is 11.8 Å². The Kier molecular flexibility index (Phi) is 3.38. The number of hydrogen-bond acceptors (Lipinski definition) is 4. The highest BCUT2D eigenvalue weighted by Gasteiger charge is 2.36. The molecule has 1 N–H and O–H groups in total. The lowest BCUT2D eigenvalue weighted by molar-refractivity contribution is -0.124. The van der Waals surface area contributed by atoms with E-state index in [1.807, 2.05) is 18.2 Å². The quantitative estimate of drug-likeness (QED) is 0.868. The molecule has 5 nitrogen and oxygen atoms in total. The maximum Gasteiger partial charge on any atom is 0.220 e. The van der Waals surface area contributed by atoms with Gasteiger partial charge >= 0.3 is 0 Å². The number of aromatic nitrogens is 1. The van der Waals surface area contributed by atoms with Crippen molar-refractivity contribution in [1.82, 2.24) is 15.2 Å². The number of ether oxygens (including phenoxy) is 1. The third-order valence-electron chi connectivity index (χ3n) is 4.04. The molecular weight excluding hydrogens is 242 g/mol. The van der Waals surface area contributed by atoms with Crippen LogP contribution in [0.5, 0.6) is 5.88 Å². The SMILES string of the molecule is COc1cccc(CN2C[C@H]3CNC(=O)C[C@H]3C2)n1. The highest BCUT2D eigenvalue weighted by molar-refractivity contribution is 5.77. The summed E-state index contributed by atoms with van der Waals surface area (Å²) < 4.78 is 5.14. The van der Waals surface area contributed by atoms with Crippen molar-refractivity contribution in [2.75, 3.05) is 26.7 Å². The summed E-state index contributed by atoms with van der Waals surface area (Å²) in [5, 5.41) is 2.95. The molecule has 0 spiro atoms. The van der Waals surface area contributed by atoms with Crippen molar-refractivity contribution in [3.05, 3.63) is 23.9 Å². The molecule has 1 aromatic rings. The lowest BCUT2D eigenvalue weighted by Gasteiger charge is -2.23. The molecule has 3 heterocycles. The molecule has 1 aromatic heterocycles. The van der Waals surface area contributed by atoms with Gasteiger partial charge in [-0.15, -0.1) is 0 Å². The second kappa shape index (κ2) is 5.17. The van der Waals surface area contributed by atoms with Gasteiger partial charge in [0.2, 0.25) is 11.8 Å². The Bertz CT molecular complexity index is 478. The second-order valence-electron chi connectivity index (χ2n) is 5.39. The lowest BCUT2D eigenvalue weighted by Crippen LogP contribution is -2.39. The third kappa shape index (κ3) is 2.71. The molecule has 0 saturated carbocycles. The minimum Gasteiger partial charge on any atom is -0.481 e. The van der Waals surface area contributed by atoms with Crippen molar-refractivity contribution >= 4 is 5.91 Å². The zero-order valence-corrected chi connectivity index (χ0v) is 11.1. The molecule has 3 rings (SSSR count). The Hall–Kier alpha value is -1.62. The first-order valence-corrected chi connectivity index (χ1v) is 6.73. The van der Waals surface area contributed by atoms with Gasteiger partial charge in [-0.3, -0.25) is 9.69 Å². The van der Waals surface area contributed by atoms with Gasteiger partial charge in [0, 0.05) is 38.7 Å². The number of nitrogens with one attached hydrogen (secondary N) is 1. The summed E-state index contributed by atoms with van der Waals surface area (Å²) >= 11 is 0. The maximum absolute atomic E-state index is 11.4. The summed E-state index contributed by atoms with van der Waals surface area (Å²) in [5.74, 6) is 1.97. The molecule has 2 aliphatic rings. The summed E-state index contributed by atoms with van der Waals surface area (Å²) in [4.78, 5) is 18.2. The highest BCUT2D eigenvalue weighted by atomic mass is 16.5. The lowest BCUT2D eigenvalue weighted by atomic mass is 9.89. The highest BCUT2D eigenvalue weighted by Crippen LogP contribution is 2.29. The number of hydrogen-bond donors (Lipinski definition) is 1. The second-order valence-corrected chi connectivity index (χ2v) is 5.39. The molecule has 2 saturated heterocycles. The van der Waals surface area contributed by atoms with Crippen LogP contribution in [0.3, 0.4) is 0 Å². The van der Waals surface area contributed by atoms with E-state index in [2.05, 4.69) is 15.2 Å². The number of likely N-dealkylation sites (tertiary alicyclic amines) is 1. The first kappa shape index (κ1) is 12.4. The fraction of sp³-hybridized carbons (Fsp3) is 0.571. The van der Waals surface area contributed by atoms with Gasteiger partial charge in [-0.2, -0.15) is 0 Å². The van der Waals surface area contributed by atoms with E-state index in [1.165, 1.54) is 0 Å².